The molecule has 2 rings (SSSR count). The van der Waals surface area contributed by atoms with Crippen molar-refractivity contribution in [3.8, 4) is 11.5 Å². The normalized spacial score (nSPS) is 15.9. The Morgan fingerprint density at radius 1 is 1.32 bits per heavy atom. The Labute approximate surface area is 126 Å². The number of carbonyl (C=O) groups excluding carboxylic acids is 1. The number of hydrogen-bond acceptors (Lipinski definition) is 4. The van der Waals surface area contributed by atoms with Crippen molar-refractivity contribution in [2.45, 2.75) is 32.7 Å². The molecule has 1 N–H and O–H groups in total. The van der Waals surface area contributed by atoms with Crippen molar-refractivity contribution in [2.24, 2.45) is 0 Å². The molecule has 0 aliphatic carbocycles. The summed E-state index contributed by atoms with van der Waals surface area (Å²) in [5.74, 6) is -0.0266. The number of ether oxygens (including phenoxy) is 3. The maximum absolute atomic E-state index is 12.9. The highest BCUT2D eigenvalue weighted by molar-refractivity contribution is 5.68. The van der Waals surface area contributed by atoms with Gasteiger partial charge < -0.3 is 19.5 Å². The summed E-state index contributed by atoms with van der Waals surface area (Å²) in [6.07, 6.45) is -0.817. The van der Waals surface area contributed by atoms with E-state index in [0.717, 1.165) is 0 Å². The first-order valence-electron chi connectivity index (χ1n) is 6.68. The van der Waals surface area contributed by atoms with Gasteiger partial charge in [-0.2, -0.15) is 0 Å². The van der Waals surface area contributed by atoms with E-state index in [4.69, 9.17) is 4.74 Å². The van der Waals surface area contributed by atoms with E-state index < -0.39 is 18.0 Å². The number of alkyl carbamates (subject to hydrolysis) is 1. The van der Waals surface area contributed by atoms with Crippen LogP contribution in [-0.4, -0.2) is 24.5 Å². The topological polar surface area (TPSA) is 56.8 Å². The SMILES string of the molecule is CC(C)(C)OC(=O)NCC=Cc1ccc2c(c1)OC(F)(F)O2. The van der Waals surface area contributed by atoms with Gasteiger partial charge in [0.25, 0.3) is 0 Å². The third-order valence-electron chi connectivity index (χ3n) is 2.50. The Hall–Kier alpha value is -2.31. The number of benzene rings is 1. The summed E-state index contributed by atoms with van der Waals surface area (Å²) in [6.45, 7) is 5.56. The van der Waals surface area contributed by atoms with Crippen LogP contribution < -0.4 is 14.8 Å². The molecule has 1 aromatic rings. The van der Waals surface area contributed by atoms with Gasteiger partial charge in [0.2, 0.25) is 0 Å². The molecule has 1 aromatic carbocycles. The van der Waals surface area contributed by atoms with Crippen molar-refractivity contribution in [3.05, 3.63) is 29.8 Å². The molecule has 5 nitrogen and oxygen atoms in total. The highest BCUT2D eigenvalue weighted by Crippen LogP contribution is 2.41. The number of amides is 1. The highest BCUT2D eigenvalue weighted by atomic mass is 19.3. The third kappa shape index (κ3) is 4.61. The fraction of sp³-hybridized carbons (Fsp3) is 0.400. The molecule has 0 saturated carbocycles. The van der Waals surface area contributed by atoms with Gasteiger partial charge in [-0.05, 0) is 38.5 Å². The number of fused-ring (bicyclic) bond motifs is 1. The maximum Gasteiger partial charge on any atom is 0.586 e. The summed E-state index contributed by atoms with van der Waals surface area (Å²) >= 11 is 0. The molecule has 1 heterocycles. The fourth-order valence-electron chi connectivity index (χ4n) is 1.72. The van der Waals surface area contributed by atoms with Crippen LogP contribution in [0, 0.1) is 0 Å². The van der Waals surface area contributed by atoms with Crippen molar-refractivity contribution in [3.63, 3.8) is 0 Å². The molecular formula is C15H17F2NO4. The molecule has 1 amide bonds. The smallest absolute Gasteiger partial charge is 0.444 e. The zero-order valence-corrected chi connectivity index (χ0v) is 12.5. The van der Waals surface area contributed by atoms with Crippen LogP contribution in [0.3, 0.4) is 0 Å². The van der Waals surface area contributed by atoms with Crippen molar-refractivity contribution < 1.29 is 27.8 Å². The first kappa shape index (κ1) is 16.1. The van der Waals surface area contributed by atoms with Gasteiger partial charge in [-0.15, -0.1) is 8.78 Å². The lowest BCUT2D eigenvalue weighted by Gasteiger charge is -2.19. The van der Waals surface area contributed by atoms with Crippen LogP contribution in [0.15, 0.2) is 24.3 Å². The number of halogens is 2. The molecule has 120 valence electrons. The molecule has 0 aromatic heterocycles. The summed E-state index contributed by atoms with van der Waals surface area (Å²) in [5.41, 5.74) is 0.0853. The maximum atomic E-state index is 12.9. The van der Waals surface area contributed by atoms with E-state index in [9.17, 15) is 13.6 Å². The molecular weight excluding hydrogens is 296 g/mol. The average Bonchev–Trinajstić information content (AvgIpc) is 2.65. The third-order valence-corrected chi connectivity index (χ3v) is 2.50. The molecule has 0 unspecified atom stereocenters. The van der Waals surface area contributed by atoms with Gasteiger partial charge in [0, 0.05) is 6.54 Å². The first-order valence-corrected chi connectivity index (χ1v) is 6.68. The van der Waals surface area contributed by atoms with Crippen molar-refractivity contribution in [1.82, 2.24) is 5.32 Å². The predicted octanol–water partition coefficient (Wildman–Crippen LogP) is 3.55. The van der Waals surface area contributed by atoms with Gasteiger partial charge in [-0.25, -0.2) is 4.79 Å². The van der Waals surface area contributed by atoms with Crippen molar-refractivity contribution >= 4 is 12.2 Å². The molecule has 0 atom stereocenters. The minimum absolute atomic E-state index is 0.00553. The quantitative estimate of drug-likeness (QED) is 0.927. The Morgan fingerprint density at radius 2 is 2.00 bits per heavy atom. The summed E-state index contributed by atoms with van der Waals surface area (Å²) < 4.78 is 39.5. The Morgan fingerprint density at radius 3 is 2.68 bits per heavy atom. The van der Waals surface area contributed by atoms with Crippen LogP contribution in [0.25, 0.3) is 6.08 Å². The monoisotopic (exact) mass is 313 g/mol. The number of carbonyl (C=O) groups is 1. The van der Waals surface area contributed by atoms with Gasteiger partial charge >= 0.3 is 12.4 Å². The predicted molar refractivity (Wildman–Crippen MR) is 75.9 cm³/mol. The second kappa shape index (κ2) is 5.82. The number of alkyl halides is 2. The van der Waals surface area contributed by atoms with Crippen LogP contribution in [0.4, 0.5) is 13.6 Å². The molecule has 0 spiro atoms. The summed E-state index contributed by atoms with van der Waals surface area (Å²) in [7, 11) is 0. The van der Waals surface area contributed by atoms with Crippen molar-refractivity contribution in [2.75, 3.05) is 6.54 Å². The van der Waals surface area contributed by atoms with Crippen molar-refractivity contribution in [1.29, 1.82) is 0 Å². The Balaban J connectivity index is 1.86. The summed E-state index contributed by atoms with van der Waals surface area (Å²) in [4.78, 5) is 11.4. The average molecular weight is 313 g/mol. The Kier molecular flexibility index (Phi) is 4.25. The zero-order valence-electron chi connectivity index (χ0n) is 12.5. The summed E-state index contributed by atoms with van der Waals surface area (Å²) in [5, 5.41) is 2.55. The van der Waals surface area contributed by atoms with E-state index in [2.05, 4.69) is 14.8 Å². The standard InChI is InChI=1S/C15H17F2NO4/c1-14(2,3)22-13(19)18-8-4-5-10-6-7-11-12(9-10)21-15(16,17)20-11/h4-7,9H,8H2,1-3H3,(H,18,19). The molecule has 1 aliphatic rings. The Bertz CT molecular complexity index is 594. The van der Waals surface area contributed by atoms with Crippen LogP contribution in [0.5, 0.6) is 11.5 Å². The fourth-order valence-corrected chi connectivity index (χ4v) is 1.72. The van der Waals surface area contributed by atoms with Gasteiger partial charge in [0.05, 0.1) is 0 Å². The first-order chi connectivity index (χ1) is 10.1. The van der Waals surface area contributed by atoms with E-state index in [1.807, 2.05) is 0 Å². The number of rotatable bonds is 3. The molecule has 1 aliphatic heterocycles. The molecule has 0 bridgehead atoms. The zero-order chi connectivity index (χ0) is 16.4. The van der Waals surface area contributed by atoms with E-state index in [1.165, 1.54) is 12.1 Å². The van der Waals surface area contributed by atoms with Crippen LogP contribution >= 0.6 is 0 Å². The van der Waals surface area contributed by atoms with E-state index >= 15 is 0 Å². The molecule has 7 heteroatoms. The van der Waals surface area contributed by atoms with Gasteiger partial charge in [-0.1, -0.05) is 18.2 Å². The molecule has 22 heavy (non-hydrogen) atoms. The summed E-state index contributed by atoms with van der Waals surface area (Å²) in [6, 6.07) is 4.44. The lowest BCUT2D eigenvalue weighted by molar-refractivity contribution is -0.286. The lowest BCUT2D eigenvalue weighted by Crippen LogP contribution is -2.32. The van der Waals surface area contributed by atoms with Crippen LogP contribution in [0.1, 0.15) is 26.3 Å². The van der Waals surface area contributed by atoms with Crippen LogP contribution in [0.2, 0.25) is 0 Å². The molecule has 0 saturated heterocycles. The van der Waals surface area contributed by atoms with E-state index in [1.54, 1.807) is 39.0 Å². The van der Waals surface area contributed by atoms with Gasteiger partial charge in [0.15, 0.2) is 11.5 Å². The number of nitrogens with one attached hydrogen (secondary N) is 1. The van der Waals surface area contributed by atoms with E-state index in [-0.39, 0.29) is 18.0 Å². The minimum Gasteiger partial charge on any atom is -0.444 e. The van der Waals surface area contributed by atoms with Gasteiger partial charge in [-0.3, -0.25) is 0 Å². The van der Waals surface area contributed by atoms with E-state index in [0.29, 0.717) is 5.56 Å². The highest BCUT2D eigenvalue weighted by Gasteiger charge is 2.43. The van der Waals surface area contributed by atoms with Crippen LogP contribution in [-0.2, 0) is 4.74 Å². The lowest BCUT2D eigenvalue weighted by atomic mass is 10.2. The van der Waals surface area contributed by atoms with Gasteiger partial charge in [0.1, 0.15) is 5.60 Å². The largest absolute Gasteiger partial charge is 0.586 e. The molecule has 0 radical (unpaired) electrons. The second-order valence-corrected chi connectivity index (χ2v) is 5.66. The second-order valence-electron chi connectivity index (χ2n) is 5.66. The number of hydrogen-bond donors (Lipinski definition) is 1. The molecule has 0 fully saturated rings. The minimum atomic E-state index is -3.62.